The number of carbonyl (C=O) groups is 1. The summed E-state index contributed by atoms with van der Waals surface area (Å²) in [4.78, 5) is 12.1. The second kappa shape index (κ2) is 8.36. The molecule has 0 fully saturated rings. The Morgan fingerprint density at radius 3 is 2.08 bits per heavy atom. The van der Waals surface area contributed by atoms with Crippen molar-refractivity contribution in [2.24, 2.45) is 0 Å². The summed E-state index contributed by atoms with van der Waals surface area (Å²) in [5, 5.41) is 6.94. The Balaban J connectivity index is 1.51. The summed E-state index contributed by atoms with van der Waals surface area (Å²) >= 11 is 5.85. The number of benzene rings is 3. The van der Waals surface area contributed by atoms with Crippen LogP contribution < -0.4 is 10.6 Å². The fourth-order valence-corrected chi connectivity index (χ4v) is 2.59. The van der Waals surface area contributed by atoms with E-state index >= 15 is 0 Å². The summed E-state index contributed by atoms with van der Waals surface area (Å²) < 4.78 is 0. The normalized spacial score (nSPS) is 10.3. The van der Waals surface area contributed by atoms with E-state index in [1.807, 2.05) is 54.6 Å². The van der Waals surface area contributed by atoms with Gasteiger partial charge in [0.2, 0.25) is 5.91 Å². The van der Waals surface area contributed by atoms with Crippen LogP contribution in [0.15, 0.2) is 78.9 Å². The Hall–Kier alpha value is -2.78. The van der Waals surface area contributed by atoms with Crippen LogP contribution in [0.2, 0.25) is 5.02 Å². The maximum Gasteiger partial charge on any atom is 0.228 e. The minimum absolute atomic E-state index is 0.0488. The lowest BCUT2D eigenvalue weighted by Crippen LogP contribution is -2.14. The summed E-state index contributed by atoms with van der Waals surface area (Å²) in [5.41, 5.74) is 3.95. The lowest BCUT2D eigenvalue weighted by atomic mass is 10.1. The number of anilines is 2. The van der Waals surface area contributed by atoms with Crippen molar-refractivity contribution in [3.63, 3.8) is 0 Å². The molecule has 0 saturated carbocycles. The highest BCUT2D eigenvalue weighted by Crippen LogP contribution is 2.16. The van der Waals surface area contributed by atoms with Gasteiger partial charge >= 0.3 is 0 Å². The van der Waals surface area contributed by atoms with Gasteiger partial charge in [0.25, 0.3) is 0 Å². The van der Waals surface area contributed by atoms with Crippen LogP contribution in [0.5, 0.6) is 0 Å². The van der Waals surface area contributed by atoms with Gasteiger partial charge in [0.05, 0.1) is 6.42 Å². The van der Waals surface area contributed by atoms with E-state index in [0.29, 0.717) is 11.4 Å². The molecular weight excluding hydrogens is 332 g/mol. The summed E-state index contributed by atoms with van der Waals surface area (Å²) in [6, 6.07) is 25.2. The van der Waals surface area contributed by atoms with Crippen LogP contribution in [0.25, 0.3) is 0 Å². The standard InChI is InChI=1S/C21H19ClN2O/c22-18-8-6-16(7-9-18)14-21(25)24-20-12-10-19(11-13-20)23-15-17-4-2-1-3-5-17/h1-13,23H,14-15H2,(H,24,25). The smallest absolute Gasteiger partial charge is 0.228 e. The quantitative estimate of drug-likeness (QED) is 0.646. The summed E-state index contributed by atoms with van der Waals surface area (Å²) in [5.74, 6) is -0.0488. The van der Waals surface area contributed by atoms with Crippen molar-refractivity contribution in [1.29, 1.82) is 0 Å². The van der Waals surface area contributed by atoms with Crippen LogP contribution >= 0.6 is 11.6 Å². The van der Waals surface area contributed by atoms with Gasteiger partial charge in [-0.3, -0.25) is 4.79 Å². The fourth-order valence-electron chi connectivity index (χ4n) is 2.46. The molecule has 0 aromatic heterocycles. The SMILES string of the molecule is O=C(Cc1ccc(Cl)cc1)Nc1ccc(NCc2ccccc2)cc1. The van der Waals surface area contributed by atoms with Gasteiger partial charge in [-0.15, -0.1) is 0 Å². The Kier molecular flexibility index (Phi) is 5.70. The molecule has 3 nitrogen and oxygen atoms in total. The first kappa shape index (κ1) is 17.1. The maximum absolute atomic E-state index is 12.1. The Morgan fingerprint density at radius 2 is 1.40 bits per heavy atom. The minimum atomic E-state index is -0.0488. The third kappa shape index (κ3) is 5.37. The van der Waals surface area contributed by atoms with E-state index in [0.717, 1.165) is 23.5 Å². The molecule has 0 bridgehead atoms. The number of hydrogen-bond donors (Lipinski definition) is 2. The molecule has 0 saturated heterocycles. The third-order valence-corrected chi connectivity index (χ3v) is 4.04. The zero-order valence-electron chi connectivity index (χ0n) is 13.7. The van der Waals surface area contributed by atoms with Gasteiger partial charge in [-0.25, -0.2) is 0 Å². The highest BCUT2D eigenvalue weighted by molar-refractivity contribution is 6.30. The van der Waals surface area contributed by atoms with Crippen LogP contribution in [0, 0.1) is 0 Å². The van der Waals surface area contributed by atoms with Crippen molar-refractivity contribution in [3.05, 3.63) is 95.0 Å². The Morgan fingerprint density at radius 1 is 0.760 bits per heavy atom. The summed E-state index contributed by atoms with van der Waals surface area (Å²) in [6.07, 6.45) is 0.325. The number of hydrogen-bond acceptors (Lipinski definition) is 2. The molecule has 4 heteroatoms. The van der Waals surface area contributed by atoms with Crippen molar-refractivity contribution < 1.29 is 4.79 Å². The fraction of sp³-hybridized carbons (Fsp3) is 0.0952. The van der Waals surface area contributed by atoms with Crippen LogP contribution in [0.3, 0.4) is 0 Å². The van der Waals surface area contributed by atoms with E-state index in [4.69, 9.17) is 11.6 Å². The van der Waals surface area contributed by atoms with E-state index in [1.54, 1.807) is 12.1 Å². The predicted octanol–water partition coefficient (Wildman–Crippen LogP) is 5.13. The summed E-state index contributed by atoms with van der Waals surface area (Å²) in [6.45, 7) is 0.767. The van der Waals surface area contributed by atoms with Gasteiger partial charge in [-0.05, 0) is 47.5 Å². The van der Waals surface area contributed by atoms with Gasteiger partial charge < -0.3 is 10.6 Å². The van der Waals surface area contributed by atoms with Gasteiger partial charge in [0, 0.05) is 22.9 Å². The average Bonchev–Trinajstić information content (AvgIpc) is 2.64. The molecule has 0 spiro atoms. The first-order valence-corrected chi connectivity index (χ1v) is 8.49. The largest absolute Gasteiger partial charge is 0.381 e. The van der Waals surface area contributed by atoms with Crippen molar-refractivity contribution in [3.8, 4) is 0 Å². The van der Waals surface area contributed by atoms with E-state index in [9.17, 15) is 4.79 Å². The molecule has 25 heavy (non-hydrogen) atoms. The van der Waals surface area contributed by atoms with Crippen LogP contribution in [-0.2, 0) is 17.8 Å². The monoisotopic (exact) mass is 350 g/mol. The van der Waals surface area contributed by atoms with Gasteiger partial charge in [-0.2, -0.15) is 0 Å². The second-order valence-electron chi connectivity index (χ2n) is 5.77. The number of carbonyl (C=O) groups excluding carboxylic acids is 1. The number of amides is 1. The van der Waals surface area contributed by atoms with Crippen molar-refractivity contribution in [2.75, 3.05) is 10.6 Å². The number of nitrogens with one attached hydrogen (secondary N) is 2. The molecule has 0 aliphatic rings. The van der Waals surface area contributed by atoms with E-state index < -0.39 is 0 Å². The molecular formula is C21H19ClN2O. The van der Waals surface area contributed by atoms with E-state index in [1.165, 1.54) is 5.56 Å². The number of halogens is 1. The zero-order valence-corrected chi connectivity index (χ0v) is 14.5. The molecule has 0 aliphatic carbocycles. The lowest BCUT2D eigenvalue weighted by Gasteiger charge is -2.09. The first-order chi connectivity index (χ1) is 12.2. The number of rotatable bonds is 6. The third-order valence-electron chi connectivity index (χ3n) is 3.79. The van der Waals surface area contributed by atoms with Gasteiger partial charge in [-0.1, -0.05) is 54.1 Å². The minimum Gasteiger partial charge on any atom is -0.381 e. The van der Waals surface area contributed by atoms with Crippen LogP contribution in [0.1, 0.15) is 11.1 Å². The molecule has 0 heterocycles. The molecule has 2 N–H and O–H groups in total. The first-order valence-electron chi connectivity index (χ1n) is 8.11. The Bertz CT molecular complexity index is 815. The molecule has 3 aromatic rings. The van der Waals surface area contributed by atoms with Crippen LogP contribution in [0.4, 0.5) is 11.4 Å². The lowest BCUT2D eigenvalue weighted by molar-refractivity contribution is -0.115. The van der Waals surface area contributed by atoms with Gasteiger partial charge in [0.1, 0.15) is 0 Å². The molecule has 0 unspecified atom stereocenters. The molecule has 3 aromatic carbocycles. The van der Waals surface area contributed by atoms with E-state index in [-0.39, 0.29) is 5.91 Å². The topological polar surface area (TPSA) is 41.1 Å². The van der Waals surface area contributed by atoms with Crippen molar-refractivity contribution >= 4 is 28.9 Å². The highest BCUT2D eigenvalue weighted by Gasteiger charge is 2.04. The van der Waals surface area contributed by atoms with Gasteiger partial charge in [0.15, 0.2) is 0 Å². The molecule has 3 rings (SSSR count). The highest BCUT2D eigenvalue weighted by atomic mass is 35.5. The van der Waals surface area contributed by atoms with Crippen molar-refractivity contribution in [2.45, 2.75) is 13.0 Å². The van der Waals surface area contributed by atoms with E-state index in [2.05, 4.69) is 22.8 Å². The predicted molar refractivity (Wildman–Crippen MR) is 104 cm³/mol. The zero-order chi connectivity index (χ0) is 17.5. The second-order valence-corrected chi connectivity index (χ2v) is 6.20. The Labute approximate surface area is 152 Å². The van der Waals surface area contributed by atoms with Crippen LogP contribution in [-0.4, -0.2) is 5.91 Å². The molecule has 0 atom stereocenters. The maximum atomic E-state index is 12.1. The molecule has 0 radical (unpaired) electrons. The van der Waals surface area contributed by atoms with Crippen molar-refractivity contribution in [1.82, 2.24) is 0 Å². The molecule has 0 aliphatic heterocycles. The molecule has 1 amide bonds. The molecule has 126 valence electrons. The summed E-state index contributed by atoms with van der Waals surface area (Å²) in [7, 11) is 0. The average molecular weight is 351 g/mol.